The molecule has 4 N–H and O–H groups in total. The summed E-state index contributed by atoms with van der Waals surface area (Å²) in [7, 11) is 0. The van der Waals surface area contributed by atoms with E-state index in [1.165, 1.54) is 0 Å². The lowest BCUT2D eigenvalue weighted by Crippen LogP contribution is -2.61. The third kappa shape index (κ3) is 1.97. The first-order valence-corrected chi connectivity index (χ1v) is 6.18. The highest BCUT2D eigenvalue weighted by Crippen LogP contribution is 2.40. The largest absolute Gasteiger partial charge is 0.398 e. The molecule has 1 aromatic carbocycles. The van der Waals surface area contributed by atoms with Crippen LogP contribution < -0.4 is 11.1 Å². The second-order valence-electron chi connectivity index (χ2n) is 5.64. The van der Waals surface area contributed by atoms with E-state index in [1.807, 2.05) is 32.9 Å². The van der Waals surface area contributed by atoms with Crippen LogP contribution in [0.15, 0.2) is 18.2 Å². The molecule has 98 valence electrons. The van der Waals surface area contributed by atoms with Crippen LogP contribution in [-0.4, -0.2) is 23.2 Å². The summed E-state index contributed by atoms with van der Waals surface area (Å²) in [4.78, 5) is 12.1. The van der Waals surface area contributed by atoms with E-state index in [0.29, 0.717) is 17.7 Å². The standard InChI is InChI=1S/C14H20N2O2/c1-8-5-4-6-9(12(8)15)13(18)16-10-7-11(17)14(10,2)3/h4-6,10-11,17H,7,15H2,1-3H3,(H,16,18). The lowest BCUT2D eigenvalue weighted by atomic mass is 9.64. The Labute approximate surface area is 107 Å². The first-order valence-electron chi connectivity index (χ1n) is 6.18. The Hall–Kier alpha value is -1.55. The fraction of sp³-hybridized carbons (Fsp3) is 0.500. The van der Waals surface area contributed by atoms with Crippen molar-refractivity contribution in [3.63, 3.8) is 0 Å². The minimum absolute atomic E-state index is 0.0000813. The van der Waals surface area contributed by atoms with Crippen LogP contribution in [0.4, 0.5) is 5.69 Å². The van der Waals surface area contributed by atoms with E-state index in [9.17, 15) is 9.90 Å². The average molecular weight is 248 g/mol. The van der Waals surface area contributed by atoms with Gasteiger partial charge in [0.15, 0.2) is 0 Å². The molecule has 1 amide bonds. The number of rotatable bonds is 2. The van der Waals surface area contributed by atoms with Gasteiger partial charge in [0.25, 0.3) is 5.91 Å². The van der Waals surface area contributed by atoms with Gasteiger partial charge in [-0.15, -0.1) is 0 Å². The van der Waals surface area contributed by atoms with Crippen LogP contribution in [0, 0.1) is 12.3 Å². The second kappa shape index (κ2) is 4.28. The molecule has 0 heterocycles. The van der Waals surface area contributed by atoms with Crippen LogP contribution in [0.1, 0.15) is 36.2 Å². The van der Waals surface area contributed by atoms with Crippen molar-refractivity contribution in [1.82, 2.24) is 5.32 Å². The van der Waals surface area contributed by atoms with Crippen LogP contribution in [-0.2, 0) is 0 Å². The number of nitrogens with two attached hydrogens (primary N) is 1. The van der Waals surface area contributed by atoms with E-state index < -0.39 is 0 Å². The molecule has 1 fully saturated rings. The molecule has 1 aliphatic rings. The molecule has 4 heteroatoms. The molecule has 0 aliphatic heterocycles. The summed E-state index contributed by atoms with van der Waals surface area (Å²) in [6.45, 7) is 5.78. The highest BCUT2D eigenvalue weighted by molar-refractivity contribution is 6.00. The van der Waals surface area contributed by atoms with Gasteiger partial charge in [0.05, 0.1) is 11.7 Å². The minimum atomic E-state index is -0.349. The van der Waals surface area contributed by atoms with Gasteiger partial charge in [0, 0.05) is 17.1 Å². The van der Waals surface area contributed by atoms with Gasteiger partial charge in [0.1, 0.15) is 0 Å². The number of carbonyl (C=O) groups is 1. The second-order valence-corrected chi connectivity index (χ2v) is 5.64. The van der Waals surface area contributed by atoms with E-state index in [4.69, 9.17) is 5.73 Å². The first kappa shape index (κ1) is 12.9. The summed E-state index contributed by atoms with van der Waals surface area (Å²) < 4.78 is 0. The van der Waals surface area contributed by atoms with Crippen molar-refractivity contribution in [2.24, 2.45) is 5.41 Å². The molecule has 0 bridgehead atoms. The summed E-state index contributed by atoms with van der Waals surface area (Å²) >= 11 is 0. The van der Waals surface area contributed by atoms with Crippen LogP contribution in [0.5, 0.6) is 0 Å². The van der Waals surface area contributed by atoms with Crippen molar-refractivity contribution in [2.75, 3.05) is 5.73 Å². The number of carbonyl (C=O) groups excluding carboxylic acids is 1. The van der Waals surface area contributed by atoms with Gasteiger partial charge in [0.2, 0.25) is 0 Å². The Kier molecular flexibility index (Phi) is 3.07. The molecule has 0 spiro atoms. The lowest BCUT2D eigenvalue weighted by molar-refractivity contribution is -0.0689. The minimum Gasteiger partial charge on any atom is -0.398 e. The highest BCUT2D eigenvalue weighted by atomic mass is 16.3. The Balaban J connectivity index is 2.12. The van der Waals surface area contributed by atoms with Crippen molar-refractivity contribution in [1.29, 1.82) is 0 Å². The number of benzene rings is 1. The SMILES string of the molecule is Cc1cccc(C(=O)NC2CC(O)C2(C)C)c1N. The topological polar surface area (TPSA) is 75.3 Å². The maximum absolute atomic E-state index is 12.1. The molecule has 1 aliphatic carbocycles. The van der Waals surface area contributed by atoms with Gasteiger partial charge in [-0.25, -0.2) is 0 Å². The maximum atomic E-state index is 12.1. The van der Waals surface area contributed by atoms with Gasteiger partial charge < -0.3 is 16.2 Å². The van der Waals surface area contributed by atoms with Crippen LogP contribution in [0.3, 0.4) is 0 Å². The summed E-state index contributed by atoms with van der Waals surface area (Å²) in [5.74, 6) is -0.166. The third-order valence-electron chi connectivity index (χ3n) is 4.09. The molecule has 2 unspecified atom stereocenters. The first-order chi connectivity index (χ1) is 8.34. The van der Waals surface area contributed by atoms with Gasteiger partial charge in [-0.05, 0) is 25.0 Å². The van der Waals surface area contributed by atoms with E-state index in [2.05, 4.69) is 5.32 Å². The van der Waals surface area contributed by atoms with Crippen molar-refractivity contribution >= 4 is 11.6 Å². The number of hydrogen-bond donors (Lipinski definition) is 3. The number of aryl methyl sites for hydroxylation is 1. The molecule has 0 radical (unpaired) electrons. The number of nitrogen functional groups attached to an aromatic ring is 1. The number of para-hydroxylation sites is 1. The van der Waals surface area contributed by atoms with E-state index in [-0.39, 0.29) is 23.5 Å². The number of anilines is 1. The fourth-order valence-corrected chi connectivity index (χ4v) is 2.26. The van der Waals surface area contributed by atoms with E-state index in [1.54, 1.807) is 6.07 Å². The van der Waals surface area contributed by atoms with Gasteiger partial charge >= 0.3 is 0 Å². The molecule has 4 nitrogen and oxygen atoms in total. The summed E-state index contributed by atoms with van der Waals surface area (Å²) in [5.41, 5.74) is 7.56. The smallest absolute Gasteiger partial charge is 0.253 e. The van der Waals surface area contributed by atoms with Crippen molar-refractivity contribution in [3.05, 3.63) is 29.3 Å². The Morgan fingerprint density at radius 1 is 1.50 bits per heavy atom. The van der Waals surface area contributed by atoms with Crippen LogP contribution in [0.2, 0.25) is 0 Å². The van der Waals surface area contributed by atoms with Gasteiger partial charge in [-0.2, -0.15) is 0 Å². The molecule has 1 saturated carbocycles. The molecular weight excluding hydrogens is 228 g/mol. The molecule has 2 rings (SSSR count). The Bertz CT molecular complexity index is 483. The zero-order valence-electron chi connectivity index (χ0n) is 11.0. The zero-order chi connectivity index (χ0) is 13.5. The normalized spacial score (nSPS) is 25.3. The predicted octanol–water partition coefficient (Wildman–Crippen LogP) is 1.47. The molecule has 2 atom stereocenters. The number of amides is 1. The summed E-state index contributed by atoms with van der Waals surface area (Å²) in [5, 5.41) is 12.6. The zero-order valence-corrected chi connectivity index (χ0v) is 11.0. The molecule has 0 aromatic heterocycles. The van der Waals surface area contributed by atoms with E-state index >= 15 is 0 Å². The molecule has 18 heavy (non-hydrogen) atoms. The quantitative estimate of drug-likeness (QED) is 0.694. The van der Waals surface area contributed by atoms with E-state index in [0.717, 1.165) is 5.56 Å². The van der Waals surface area contributed by atoms with Gasteiger partial charge in [-0.3, -0.25) is 4.79 Å². The summed E-state index contributed by atoms with van der Waals surface area (Å²) in [6, 6.07) is 5.42. The third-order valence-corrected chi connectivity index (χ3v) is 4.09. The lowest BCUT2D eigenvalue weighted by Gasteiger charge is -2.49. The molecule has 0 saturated heterocycles. The number of nitrogens with one attached hydrogen (secondary N) is 1. The fourth-order valence-electron chi connectivity index (χ4n) is 2.26. The Morgan fingerprint density at radius 3 is 2.72 bits per heavy atom. The molecular formula is C14H20N2O2. The van der Waals surface area contributed by atoms with Crippen LogP contribution in [0.25, 0.3) is 0 Å². The maximum Gasteiger partial charge on any atom is 0.253 e. The van der Waals surface area contributed by atoms with Crippen molar-refractivity contribution in [3.8, 4) is 0 Å². The molecule has 1 aromatic rings. The van der Waals surface area contributed by atoms with Crippen LogP contribution >= 0.6 is 0 Å². The number of aliphatic hydroxyl groups excluding tert-OH is 1. The highest BCUT2D eigenvalue weighted by Gasteiger charge is 2.48. The van der Waals surface area contributed by atoms with Crippen molar-refractivity contribution < 1.29 is 9.90 Å². The van der Waals surface area contributed by atoms with Crippen molar-refractivity contribution in [2.45, 2.75) is 39.3 Å². The number of aliphatic hydroxyl groups is 1. The summed E-state index contributed by atoms with van der Waals surface area (Å²) in [6.07, 6.45) is 0.252. The number of hydrogen-bond acceptors (Lipinski definition) is 3. The van der Waals surface area contributed by atoms with Gasteiger partial charge in [-0.1, -0.05) is 26.0 Å². The predicted molar refractivity (Wildman–Crippen MR) is 71.3 cm³/mol. The Morgan fingerprint density at radius 2 is 2.17 bits per heavy atom. The monoisotopic (exact) mass is 248 g/mol. The average Bonchev–Trinajstić information content (AvgIpc) is 2.32.